The van der Waals surface area contributed by atoms with Gasteiger partial charge in [0.2, 0.25) is 5.91 Å². The lowest BCUT2D eigenvalue weighted by atomic mass is 10.1. The number of hydrogen-bond acceptors (Lipinski definition) is 3. The molecule has 0 spiro atoms. The van der Waals surface area contributed by atoms with E-state index >= 15 is 0 Å². The molecule has 2 aromatic carbocycles. The number of methoxy groups -OCH3 is 1. The maximum Gasteiger partial charge on any atom is 0.248 e. The fourth-order valence-corrected chi connectivity index (χ4v) is 2.20. The minimum atomic E-state index is -0.222. The summed E-state index contributed by atoms with van der Waals surface area (Å²) in [5.74, 6) is 0.387. The van der Waals surface area contributed by atoms with Crippen molar-refractivity contribution in [2.45, 2.75) is 6.92 Å². The van der Waals surface area contributed by atoms with Gasteiger partial charge in [0.15, 0.2) is 0 Å². The van der Waals surface area contributed by atoms with Crippen LogP contribution < -0.4 is 15.8 Å². The minimum absolute atomic E-state index is 0.222. The SMILES string of the molecule is COc1ccc(/C=C\C(=O)Nc2ccc(Cl)cc2C)cc1N. The van der Waals surface area contributed by atoms with Crippen molar-refractivity contribution in [2.75, 3.05) is 18.2 Å². The van der Waals surface area contributed by atoms with Gasteiger partial charge in [0.05, 0.1) is 12.8 Å². The van der Waals surface area contributed by atoms with Crippen LogP contribution in [0.3, 0.4) is 0 Å². The van der Waals surface area contributed by atoms with Gasteiger partial charge in [0.25, 0.3) is 0 Å². The van der Waals surface area contributed by atoms with Gasteiger partial charge in [-0.2, -0.15) is 0 Å². The van der Waals surface area contributed by atoms with Gasteiger partial charge in [-0.3, -0.25) is 4.79 Å². The molecule has 22 heavy (non-hydrogen) atoms. The van der Waals surface area contributed by atoms with Gasteiger partial charge in [-0.05, 0) is 54.5 Å². The summed E-state index contributed by atoms with van der Waals surface area (Å²) < 4.78 is 5.09. The van der Waals surface area contributed by atoms with Crippen molar-refractivity contribution in [3.8, 4) is 5.75 Å². The number of rotatable bonds is 4. The first-order chi connectivity index (χ1) is 10.5. The highest BCUT2D eigenvalue weighted by atomic mass is 35.5. The maximum absolute atomic E-state index is 11.9. The van der Waals surface area contributed by atoms with E-state index in [4.69, 9.17) is 22.1 Å². The predicted molar refractivity (Wildman–Crippen MR) is 91.3 cm³/mol. The number of aryl methyl sites for hydroxylation is 1. The summed E-state index contributed by atoms with van der Waals surface area (Å²) in [7, 11) is 1.56. The topological polar surface area (TPSA) is 64.3 Å². The van der Waals surface area contributed by atoms with Crippen LogP contribution in [-0.4, -0.2) is 13.0 Å². The molecule has 0 aliphatic carbocycles. The van der Waals surface area contributed by atoms with Crippen molar-refractivity contribution < 1.29 is 9.53 Å². The summed E-state index contributed by atoms with van der Waals surface area (Å²) in [4.78, 5) is 11.9. The number of halogens is 1. The number of carbonyl (C=O) groups is 1. The normalized spacial score (nSPS) is 10.7. The largest absolute Gasteiger partial charge is 0.495 e. The molecule has 0 saturated carbocycles. The van der Waals surface area contributed by atoms with Crippen molar-refractivity contribution >= 4 is 35.0 Å². The van der Waals surface area contributed by atoms with E-state index in [0.717, 1.165) is 16.8 Å². The lowest BCUT2D eigenvalue weighted by Crippen LogP contribution is -2.08. The smallest absolute Gasteiger partial charge is 0.248 e. The van der Waals surface area contributed by atoms with Gasteiger partial charge in [0.1, 0.15) is 5.75 Å². The molecule has 0 aliphatic rings. The quantitative estimate of drug-likeness (QED) is 0.664. The van der Waals surface area contributed by atoms with E-state index in [-0.39, 0.29) is 5.91 Å². The molecule has 0 heterocycles. The van der Waals surface area contributed by atoms with Crippen molar-refractivity contribution in [2.24, 2.45) is 0 Å². The summed E-state index contributed by atoms with van der Waals surface area (Å²) in [6.45, 7) is 1.88. The second-order valence-corrected chi connectivity index (χ2v) is 5.22. The third-order valence-electron chi connectivity index (χ3n) is 3.13. The van der Waals surface area contributed by atoms with Gasteiger partial charge in [-0.1, -0.05) is 17.7 Å². The van der Waals surface area contributed by atoms with E-state index < -0.39 is 0 Å². The van der Waals surface area contributed by atoms with Crippen LogP contribution in [0.4, 0.5) is 11.4 Å². The molecule has 2 aromatic rings. The second kappa shape index (κ2) is 7.00. The van der Waals surface area contributed by atoms with E-state index in [0.29, 0.717) is 16.5 Å². The van der Waals surface area contributed by atoms with Gasteiger partial charge in [0, 0.05) is 16.8 Å². The molecule has 5 heteroatoms. The Bertz CT molecular complexity index is 727. The number of nitrogen functional groups attached to an aromatic ring is 1. The number of nitrogens with one attached hydrogen (secondary N) is 1. The van der Waals surface area contributed by atoms with E-state index in [2.05, 4.69) is 5.32 Å². The highest BCUT2D eigenvalue weighted by Crippen LogP contribution is 2.23. The lowest BCUT2D eigenvalue weighted by molar-refractivity contribution is -0.111. The second-order valence-electron chi connectivity index (χ2n) is 4.78. The third-order valence-corrected chi connectivity index (χ3v) is 3.36. The summed E-state index contributed by atoms with van der Waals surface area (Å²) in [5.41, 5.74) is 8.81. The van der Waals surface area contributed by atoms with E-state index in [1.54, 1.807) is 43.5 Å². The third kappa shape index (κ3) is 4.02. The maximum atomic E-state index is 11.9. The Labute approximate surface area is 134 Å². The van der Waals surface area contributed by atoms with Gasteiger partial charge >= 0.3 is 0 Å². The fraction of sp³-hybridized carbons (Fsp3) is 0.118. The standard InChI is InChI=1S/C17H17ClN2O2/c1-11-9-13(18)5-6-15(11)20-17(21)8-4-12-3-7-16(22-2)14(19)10-12/h3-10H,19H2,1-2H3,(H,20,21)/b8-4-. The van der Waals surface area contributed by atoms with Gasteiger partial charge in [-0.15, -0.1) is 0 Å². The molecule has 1 amide bonds. The first kappa shape index (κ1) is 15.9. The van der Waals surface area contributed by atoms with Gasteiger partial charge < -0.3 is 15.8 Å². The molecule has 0 aromatic heterocycles. The Morgan fingerprint density at radius 3 is 2.68 bits per heavy atom. The van der Waals surface area contributed by atoms with Crippen LogP contribution in [0.5, 0.6) is 5.75 Å². The number of benzene rings is 2. The van der Waals surface area contributed by atoms with Crippen molar-refractivity contribution in [3.63, 3.8) is 0 Å². The Kier molecular flexibility index (Phi) is 5.07. The fourth-order valence-electron chi connectivity index (χ4n) is 1.97. The van der Waals surface area contributed by atoms with Crippen LogP contribution in [0.2, 0.25) is 5.02 Å². The molecule has 0 radical (unpaired) electrons. The van der Waals surface area contributed by atoms with Crippen molar-refractivity contribution in [1.29, 1.82) is 0 Å². The summed E-state index contributed by atoms with van der Waals surface area (Å²) in [6.07, 6.45) is 3.14. The Morgan fingerprint density at radius 2 is 2.05 bits per heavy atom. The zero-order valence-electron chi connectivity index (χ0n) is 12.4. The molecule has 4 nitrogen and oxygen atoms in total. The number of amides is 1. The Morgan fingerprint density at radius 1 is 1.27 bits per heavy atom. The molecule has 114 valence electrons. The lowest BCUT2D eigenvalue weighted by Gasteiger charge is -2.07. The van der Waals surface area contributed by atoms with Crippen LogP contribution in [0.25, 0.3) is 6.08 Å². The van der Waals surface area contributed by atoms with E-state index in [1.165, 1.54) is 6.08 Å². The predicted octanol–water partition coefficient (Wildman–Crippen LogP) is 3.89. The molecule has 0 fully saturated rings. The molecule has 2 rings (SSSR count). The van der Waals surface area contributed by atoms with E-state index in [1.807, 2.05) is 13.0 Å². The Balaban J connectivity index is 2.06. The minimum Gasteiger partial charge on any atom is -0.495 e. The highest BCUT2D eigenvalue weighted by Gasteiger charge is 2.03. The van der Waals surface area contributed by atoms with Crippen molar-refractivity contribution in [3.05, 3.63) is 58.6 Å². The number of nitrogens with two attached hydrogens (primary N) is 1. The average Bonchev–Trinajstić information content (AvgIpc) is 2.48. The molecular weight excluding hydrogens is 300 g/mol. The summed E-state index contributed by atoms with van der Waals surface area (Å²) >= 11 is 5.89. The Hall–Kier alpha value is -2.46. The molecule has 0 unspecified atom stereocenters. The van der Waals surface area contributed by atoms with Gasteiger partial charge in [-0.25, -0.2) is 0 Å². The van der Waals surface area contributed by atoms with Crippen LogP contribution in [-0.2, 0) is 4.79 Å². The van der Waals surface area contributed by atoms with Crippen LogP contribution in [0.1, 0.15) is 11.1 Å². The highest BCUT2D eigenvalue weighted by molar-refractivity contribution is 6.30. The van der Waals surface area contributed by atoms with Crippen molar-refractivity contribution in [1.82, 2.24) is 0 Å². The summed E-state index contributed by atoms with van der Waals surface area (Å²) in [5, 5.41) is 3.44. The number of carbonyl (C=O) groups excluding carboxylic acids is 1. The molecule has 0 bridgehead atoms. The molecule has 0 atom stereocenters. The number of hydrogen-bond donors (Lipinski definition) is 2. The van der Waals surface area contributed by atoms with Crippen LogP contribution >= 0.6 is 11.6 Å². The number of ether oxygens (including phenoxy) is 1. The monoisotopic (exact) mass is 316 g/mol. The molecule has 3 N–H and O–H groups in total. The van der Waals surface area contributed by atoms with E-state index in [9.17, 15) is 4.79 Å². The first-order valence-corrected chi connectivity index (χ1v) is 7.06. The first-order valence-electron chi connectivity index (χ1n) is 6.68. The molecular formula is C17H17ClN2O2. The zero-order chi connectivity index (χ0) is 16.1. The average molecular weight is 317 g/mol. The molecule has 0 aliphatic heterocycles. The van der Waals surface area contributed by atoms with Crippen LogP contribution in [0, 0.1) is 6.92 Å². The molecule has 0 saturated heterocycles. The number of anilines is 2. The zero-order valence-corrected chi connectivity index (χ0v) is 13.1. The van der Waals surface area contributed by atoms with Crippen LogP contribution in [0.15, 0.2) is 42.5 Å². The summed E-state index contributed by atoms with van der Waals surface area (Å²) in [6, 6.07) is 10.6.